The molecule has 0 amide bonds. The van der Waals surface area contributed by atoms with Crippen molar-refractivity contribution < 1.29 is 89.4 Å². The molecule has 0 aromatic heterocycles. The third-order valence-corrected chi connectivity index (χ3v) is 7.32. The van der Waals surface area contributed by atoms with Crippen LogP contribution in [0.2, 0.25) is 0 Å². The number of ether oxygens (including phenoxy) is 9. The van der Waals surface area contributed by atoms with Crippen LogP contribution in [0.3, 0.4) is 0 Å². The first-order valence-corrected chi connectivity index (χ1v) is 16.6. The monoisotopic (exact) mass is 817 g/mol. The molecule has 0 saturated carbocycles. The Balaban J connectivity index is 1.88. The Labute approximate surface area is 325 Å². The number of fused-ring (bicyclic) bond motifs is 2. The number of carbonyl (C=O) groups excluding carboxylic acids is 7. The second-order valence-electron chi connectivity index (χ2n) is 11.6. The minimum Gasteiger partial charge on any atom is -0.480 e. The topological polar surface area (TPSA) is 236 Å². The van der Waals surface area contributed by atoms with Gasteiger partial charge >= 0.3 is 41.8 Å². The molecule has 0 fully saturated rings. The van der Waals surface area contributed by atoms with Gasteiger partial charge in [0.25, 0.3) is 0 Å². The van der Waals surface area contributed by atoms with E-state index < -0.39 is 111 Å². The highest BCUT2D eigenvalue weighted by atomic mass is 19.1. The van der Waals surface area contributed by atoms with Crippen LogP contribution in [0.1, 0.15) is 27.7 Å². The van der Waals surface area contributed by atoms with Crippen LogP contribution in [-0.4, -0.2) is 88.7 Å². The minimum absolute atomic E-state index is 0.0117. The molecule has 1 aliphatic heterocycles. The van der Waals surface area contributed by atoms with E-state index in [-0.39, 0.29) is 44.9 Å². The van der Waals surface area contributed by atoms with Crippen LogP contribution < -0.4 is 19.8 Å². The van der Waals surface area contributed by atoms with Crippen LogP contribution in [0.4, 0.5) is 14.5 Å². The standard InChI is InChI=1S/C37H33F2NO18/c1-19(41)50-15-54-32-11-31-25(9-27(32)39)37(24-8-26(38)29(45)10-30(24)58-31)23-5-6-28(33(7-23)49-14-36(48)57-18-53-22(4)44)40(12-34(46)55-16-51-20(2)42)13-35(47)56-17-52-21(3)43/h5-11H,12-18H2,1-4H3. The predicted molar refractivity (Wildman–Crippen MR) is 188 cm³/mol. The zero-order valence-corrected chi connectivity index (χ0v) is 31.0. The molecule has 21 heteroatoms. The second kappa shape index (κ2) is 20.0. The van der Waals surface area contributed by atoms with Gasteiger partial charge in [-0.15, -0.1) is 0 Å². The largest absolute Gasteiger partial charge is 0.480 e. The average molecular weight is 818 g/mol. The Morgan fingerprint density at radius 1 is 0.603 bits per heavy atom. The lowest BCUT2D eigenvalue weighted by Gasteiger charge is -2.26. The Morgan fingerprint density at radius 2 is 1.16 bits per heavy atom. The number of nitrogens with zero attached hydrogens (tertiary/aromatic N) is 1. The number of esters is 7. The van der Waals surface area contributed by atoms with E-state index in [1.807, 2.05) is 0 Å². The molecule has 0 N–H and O–H groups in total. The van der Waals surface area contributed by atoms with E-state index in [2.05, 4.69) is 14.2 Å². The van der Waals surface area contributed by atoms with Crippen molar-refractivity contribution in [3.8, 4) is 33.9 Å². The first-order chi connectivity index (χ1) is 27.5. The summed E-state index contributed by atoms with van der Waals surface area (Å²) >= 11 is 0. The molecule has 0 radical (unpaired) electrons. The minimum atomic E-state index is -1.19. The molecule has 2 aromatic rings. The third kappa shape index (κ3) is 12.3. The summed E-state index contributed by atoms with van der Waals surface area (Å²) in [6, 6.07) is 7.65. The van der Waals surface area contributed by atoms with Crippen LogP contribution in [0, 0.1) is 11.6 Å². The van der Waals surface area contributed by atoms with E-state index in [0.717, 1.165) is 56.9 Å². The average Bonchev–Trinajstić information content (AvgIpc) is 3.13. The lowest BCUT2D eigenvalue weighted by atomic mass is 9.93. The van der Waals surface area contributed by atoms with Crippen LogP contribution in [0.5, 0.6) is 11.5 Å². The lowest BCUT2D eigenvalue weighted by Crippen LogP contribution is -2.37. The number of hydrogen-bond donors (Lipinski definition) is 0. The molecule has 0 spiro atoms. The molecular weight excluding hydrogens is 784 g/mol. The Hall–Kier alpha value is -7.32. The summed E-state index contributed by atoms with van der Waals surface area (Å²) in [6.07, 6.45) is 0. The molecule has 4 rings (SSSR count). The zero-order valence-electron chi connectivity index (χ0n) is 31.0. The summed E-state index contributed by atoms with van der Waals surface area (Å²) in [7, 11) is 0. The molecule has 58 heavy (non-hydrogen) atoms. The Bertz CT molecular complexity index is 2220. The van der Waals surface area contributed by atoms with Gasteiger partial charge in [-0.3, -0.25) is 33.6 Å². The van der Waals surface area contributed by atoms with Crippen LogP contribution >= 0.6 is 0 Å². The van der Waals surface area contributed by atoms with E-state index in [9.17, 15) is 42.7 Å². The van der Waals surface area contributed by atoms with Gasteiger partial charge in [-0.2, -0.15) is 0 Å². The van der Waals surface area contributed by atoms with Gasteiger partial charge in [-0.25, -0.2) is 13.6 Å². The fourth-order valence-corrected chi connectivity index (χ4v) is 4.88. The number of benzene rings is 3. The summed E-state index contributed by atoms with van der Waals surface area (Å²) in [4.78, 5) is 96.5. The van der Waals surface area contributed by atoms with E-state index in [4.69, 9.17) is 32.8 Å². The van der Waals surface area contributed by atoms with E-state index in [0.29, 0.717) is 0 Å². The van der Waals surface area contributed by atoms with E-state index in [1.54, 1.807) is 0 Å². The smallest absolute Gasteiger partial charge is 0.347 e. The first kappa shape index (κ1) is 43.4. The summed E-state index contributed by atoms with van der Waals surface area (Å²) < 4.78 is 80.5. The molecule has 1 heterocycles. The van der Waals surface area contributed by atoms with Gasteiger partial charge in [0.1, 0.15) is 30.2 Å². The highest BCUT2D eigenvalue weighted by molar-refractivity contribution is 6.03. The highest BCUT2D eigenvalue weighted by Gasteiger charge is 2.26. The van der Waals surface area contributed by atoms with Crippen LogP contribution in [0.25, 0.3) is 33.4 Å². The quantitative estimate of drug-likeness (QED) is 0.0607. The molecule has 1 aliphatic carbocycles. The SMILES string of the molecule is CC(=O)OCOC(=O)COc1cc(-c2c3cc(F)c(=O)cc-3oc3cc(OCOC(C)=O)c(F)cc23)ccc1N(CC(=O)OCOC(C)=O)CC(=O)OCOC(C)=O. The number of halogens is 2. The van der Waals surface area contributed by atoms with Crippen molar-refractivity contribution in [3.05, 3.63) is 64.3 Å². The molecule has 19 nitrogen and oxygen atoms in total. The number of hydrogen-bond acceptors (Lipinski definition) is 19. The van der Waals surface area contributed by atoms with Gasteiger partial charge in [0, 0.05) is 56.3 Å². The second-order valence-corrected chi connectivity index (χ2v) is 11.6. The first-order valence-electron chi connectivity index (χ1n) is 16.6. The Morgan fingerprint density at radius 3 is 1.72 bits per heavy atom. The van der Waals surface area contributed by atoms with Crippen LogP contribution in [0.15, 0.2) is 51.7 Å². The summed E-state index contributed by atoms with van der Waals surface area (Å²) in [5.41, 5.74) is -1.15. The summed E-state index contributed by atoms with van der Waals surface area (Å²) in [6.45, 7) is -1.09. The molecule has 0 saturated heterocycles. The van der Waals surface area contributed by atoms with Gasteiger partial charge in [-0.05, 0) is 29.8 Å². The Kier molecular flexibility index (Phi) is 15.0. The van der Waals surface area contributed by atoms with Crippen molar-refractivity contribution >= 4 is 58.4 Å². The molecule has 0 atom stereocenters. The van der Waals surface area contributed by atoms with E-state index >= 15 is 4.39 Å². The van der Waals surface area contributed by atoms with Crippen molar-refractivity contribution in [2.24, 2.45) is 0 Å². The number of rotatable bonds is 18. The summed E-state index contributed by atoms with van der Waals surface area (Å²) in [5, 5.41) is -0.0117. The molecule has 2 aromatic carbocycles. The van der Waals surface area contributed by atoms with Crippen molar-refractivity contribution in [1.29, 1.82) is 0 Å². The molecule has 2 aliphatic rings. The highest BCUT2D eigenvalue weighted by Crippen LogP contribution is 2.44. The van der Waals surface area contributed by atoms with Gasteiger partial charge in [-0.1, -0.05) is 6.07 Å². The van der Waals surface area contributed by atoms with Gasteiger partial charge in [0.05, 0.1) is 5.69 Å². The van der Waals surface area contributed by atoms with Gasteiger partial charge < -0.3 is 51.9 Å². The molecule has 0 unspecified atom stereocenters. The lowest BCUT2D eigenvalue weighted by molar-refractivity contribution is -0.168. The van der Waals surface area contributed by atoms with Crippen molar-refractivity contribution in [2.45, 2.75) is 27.7 Å². The van der Waals surface area contributed by atoms with Crippen molar-refractivity contribution in [3.63, 3.8) is 0 Å². The van der Waals surface area contributed by atoms with Crippen LogP contribution in [-0.2, 0) is 66.7 Å². The third-order valence-electron chi connectivity index (χ3n) is 7.32. The maximum absolute atomic E-state index is 15.5. The number of anilines is 1. The molecular formula is C37H33F2NO18. The molecule has 308 valence electrons. The van der Waals surface area contributed by atoms with Gasteiger partial charge in [0.15, 0.2) is 24.0 Å². The fourth-order valence-electron chi connectivity index (χ4n) is 4.88. The fraction of sp³-hybridized carbons (Fsp3) is 0.297. The van der Waals surface area contributed by atoms with Crippen molar-refractivity contribution in [2.75, 3.05) is 51.8 Å². The zero-order chi connectivity index (χ0) is 42.5. The number of carbonyl (C=O) groups is 7. The normalized spacial score (nSPS) is 10.6. The summed E-state index contributed by atoms with van der Waals surface area (Å²) in [5.74, 6) is -9.20. The molecule has 0 bridgehead atoms. The van der Waals surface area contributed by atoms with Gasteiger partial charge in [0.2, 0.25) is 32.6 Å². The maximum Gasteiger partial charge on any atom is 0.347 e. The predicted octanol–water partition coefficient (Wildman–Crippen LogP) is 3.12. The van der Waals surface area contributed by atoms with E-state index in [1.165, 1.54) is 18.2 Å². The maximum atomic E-state index is 15.5. The van der Waals surface area contributed by atoms with Crippen molar-refractivity contribution in [1.82, 2.24) is 0 Å².